The third-order valence-corrected chi connectivity index (χ3v) is 1.37. The van der Waals surface area contributed by atoms with E-state index in [0.29, 0.717) is 11.3 Å². The zero-order valence-electron chi connectivity index (χ0n) is 5.69. The molecule has 0 atom stereocenters. The number of rotatable bonds is 2. The topological polar surface area (TPSA) is 0 Å². The normalized spacial score (nSPS) is 14.2. The van der Waals surface area contributed by atoms with Crippen LogP contribution in [-0.2, 0) is 0 Å². The number of hydrogen-bond donors (Lipinski definition) is 1. The second-order valence-electron chi connectivity index (χ2n) is 1.63. The van der Waals surface area contributed by atoms with Gasteiger partial charge in [0.05, 0.1) is 0 Å². The van der Waals surface area contributed by atoms with E-state index in [9.17, 15) is 4.39 Å². The zero-order chi connectivity index (χ0) is 7.28. The van der Waals surface area contributed by atoms with E-state index in [2.05, 4.69) is 12.6 Å². The van der Waals surface area contributed by atoms with E-state index < -0.39 is 0 Å². The SMILES string of the molecule is C/C=C(S)\C(F)=C/CC. The lowest BCUT2D eigenvalue weighted by Crippen LogP contribution is -1.71. The molecule has 0 spiro atoms. The molecule has 0 heterocycles. The van der Waals surface area contributed by atoms with Crippen LogP contribution in [0.5, 0.6) is 0 Å². The lowest BCUT2D eigenvalue weighted by molar-refractivity contribution is 0.657. The van der Waals surface area contributed by atoms with Crippen molar-refractivity contribution in [1.29, 1.82) is 0 Å². The van der Waals surface area contributed by atoms with Crippen LogP contribution in [0.1, 0.15) is 20.3 Å². The average molecular weight is 146 g/mol. The molecule has 0 saturated heterocycles. The van der Waals surface area contributed by atoms with Crippen LogP contribution in [0.15, 0.2) is 22.9 Å². The van der Waals surface area contributed by atoms with E-state index >= 15 is 0 Å². The fourth-order valence-corrected chi connectivity index (χ4v) is 0.513. The Hall–Kier alpha value is -0.240. The predicted molar refractivity (Wildman–Crippen MR) is 42.2 cm³/mol. The van der Waals surface area contributed by atoms with Crippen LogP contribution in [0.2, 0.25) is 0 Å². The first-order chi connectivity index (χ1) is 4.22. The molecule has 2 heteroatoms. The second kappa shape index (κ2) is 4.62. The van der Waals surface area contributed by atoms with Gasteiger partial charge < -0.3 is 0 Å². The van der Waals surface area contributed by atoms with Crippen molar-refractivity contribution in [3.63, 3.8) is 0 Å². The molecule has 0 unspecified atom stereocenters. The summed E-state index contributed by atoms with van der Waals surface area (Å²) < 4.78 is 12.5. The molecule has 0 amide bonds. The van der Waals surface area contributed by atoms with Crippen LogP contribution in [-0.4, -0.2) is 0 Å². The lowest BCUT2D eigenvalue weighted by atomic mass is 10.3. The van der Waals surface area contributed by atoms with E-state index in [1.807, 2.05) is 6.92 Å². The van der Waals surface area contributed by atoms with Crippen LogP contribution in [0, 0.1) is 0 Å². The van der Waals surface area contributed by atoms with Crippen LogP contribution in [0.25, 0.3) is 0 Å². The Bertz CT molecular complexity index is 136. The minimum atomic E-state index is -0.233. The molecule has 0 aliphatic heterocycles. The van der Waals surface area contributed by atoms with Gasteiger partial charge in [-0.05, 0) is 19.4 Å². The second-order valence-corrected chi connectivity index (χ2v) is 2.12. The summed E-state index contributed by atoms with van der Waals surface area (Å²) in [5, 5.41) is 0. The molecule has 0 aromatic heterocycles. The van der Waals surface area contributed by atoms with Gasteiger partial charge in [0.1, 0.15) is 5.83 Å². The fourth-order valence-electron chi connectivity index (χ4n) is 0.422. The van der Waals surface area contributed by atoms with Gasteiger partial charge in [0.15, 0.2) is 0 Å². The Morgan fingerprint density at radius 3 is 2.56 bits per heavy atom. The van der Waals surface area contributed by atoms with Crippen molar-refractivity contribution < 1.29 is 4.39 Å². The highest BCUT2D eigenvalue weighted by Crippen LogP contribution is 2.14. The van der Waals surface area contributed by atoms with Crippen molar-refractivity contribution in [3.05, 3.63) is 22.9 Å². The molecule has 0 aliphatic carbocycles. The summed E-state index contributed by atoms with van der Waals surface area (Å²) in [6.45, 7) is 3.64. The summed E-state index contributed by atoms with van der Waals surface area (Å²) in [7, 11) is 0. The van der Waals surface area contributed by atoms with Crippen molar-refractivity contribution in [2.24, 2.45) is 0 Å². The van der Waals surface area contributed by atoms with Crippen molar-refractivity contribution in [2.75, 3.05) is 0 Å². The molecule has 52 valence electrons. The third kappa shape index (κ3) is 3.36. The van der Waals surface area contributed by atoms with Gasteiger partial charge in [0.25, 0.3) is 0 Å². The highest BCUT2D eigenvalue weighted by atomic mass is 32.1. The Morgan fingerprint density at radius 1 is 1.67 bits per heavy atom. The average Bonchev–Trinajstić information content (AvgIpc) is 1.87. The number of hydrogen-bond acceptors (Lipinski definition) is 1. The highest BCUT2D eigenvalue weighted by Gasteiger charge is 1.93. The maximum atomic E-state index is 12.5. The van der Waals surface area contributed by atoms with Gasteiger partial charge in [-0.3, -0.25) is 0 Å². The summed E-state index contributed by atoms with van der Waals surface area (Å²) in [6, 6.07) is 0. The third-order valence-electron chi connectivity index (χ3n) is 0.901. The van der Waals surface area contributed by atoms with Gasteiger partial charge in [-0.1, -0.05) is 13.0 Å². The maximum Gasteiger partial charge on any atom is 0.132 e. The van der Waals surface area contributed by atoms with E-state index in [1.165, 1.54) is 6.08 Å². The van der Waals surface area contributed by atoms with Crippen LogP contribution in [0.3, 0.4) is 0 Å². The van der Waals surface area contributed by atoms with Crippen LogP contribution in [0.4, 0.5) is 4.39 Å². The number of halogens is 1. The van der Waals surface area contributed by atoms with Gasteiger partial charge in [0, 0.05) is 4.91 Å². The quantitative estimate of drug-likeness (QED) is 0.449. The predicted octanol–water partition coefficient (Wildman–Crippen LogP) is 3.08. The summed E-state index contributed by atoms with van der Waals surface area (Å²) in [6.07, 6.45) is 3.84. The lowest BCUT2D eigenvalue weighted by Gasteiger charge is -1.91. The Morgan fingerprint density at radius 2 is 2.22 bits per heavy atom. The molecule has 0 aromatic rings. The van der Waals surface area contributed by atoms with Crippen LogP contribution >= 0.6 is 12.6 Å². The summed E-state index contributed by atoms with van der Waals surface area (Å²) >= 11 is 3.88. The molecule has 0 aromatic carbocycles. The van der Waals surface area contributed by atoms with Gasteiger partial charge in [-0.2, -0.15) is 0 Å². The molecule has 9 heavy (non-hydrogen) atoms. The maximum absolute atomic E-state index is 12.5. The summed E-state index contributed by atoms with van der Waals surface area (Å²) in [5.74, 6) is -0.233. The zero-order valence-corrected chi connectivity index (χ0v) is 6.58. The summed E-state index contributed by atoms with van der Waals surface area (Å²) in [5.41, 5.74) is 0. The van der Waals surface area contributed by atoms with E-state index in [-0.39, 0.29) is 5.83 Å². The molecular weight excluding hydrogens is 135 g/mol. The standard InChI is InChI=1S/C7H11FS/c1-3-5-6(8)7(9)4-2/h4-5,9H,3H2,1-2H3/b6-5+,7-4+. The molecule has 0 aliphatic rings. The smallest absolute Gasteiger partial charge is 0.132 e. The summed E-state index contributed by atoms with van der Waals surface area (Å²) in [4.78, 5) is 0.414. The first kappa shape index (κ1) is 8.76. The fraction of sp³-hybridized carbons (Fsp3) is 0.429. The molecule has 0 rings (SSSR count). The molecular formula is C7H11FS. The van der Waals surface area contributed by atoms with Crippen LogP contribution < -0.4 is 0 Å². The number of allylic oxidation sites excluding steroid dienone is 3. The van der Waals surface area contributed by atoms with Gasteiger partial charge in [-0.15, -0.1) is 12.6 Å². The molecule has 0 fully saturated rings. The first-order valence-corrected chi connectivity index (χ1v) is 3.38. The van der Waals surface area contributed by atoms with Crippen molar-refractivity contribution >= 4 is 12.6 Å². The first-order valence-electron chi connectivity index (χ1n) is 2.93. The Labute approximate surface area is 60.9 Å². The monoisotopic (exact) mass is 146 g/mol. The van der Waals surface area contributed by atoms with Crippen molar-refractivity contribution in [1.82, 2.24) is 0 Å². The minimum Gasteiger partial charge on any atom is -0.206 e. The van der Waals surface area contributed by atoms with Crippen molar-refractivity contribution in [2.45, 2.75) is 20.3 Å². The van der Waals surface area contributed by atoms with E-state index in [4.69, 9.17) is 0 Å². The molecule has 0 saturated carbocycles. The van der Waals surface area contributed by atoms with Crippen molar-refractivity contribution in [3.8, 4) is 0 Å². The van der Waals surface area contributed by atoms with Gasteiger partial charge in [0.2, 0.25) is 0 Å². The highest BCUT2D eigenvalue weighted by molar-refractivity contribution is 7.84. The molecule has 0 N–H and O–H groups in total. The molecule has 0 bridgehead atoms. The van der Waals surface area contributed by atoms with E-state index in [0.717, 1.165) is 0 Å². The minimum absolute atomic E-state index is 0.233. The van der Waals surface area contributed by atoms with E-state index in [1.54, 1.807) is 13.0 Å². The molecule has 0 nitrogen and oxygen atoms in total. The molecule has 0 radical (unpaired) electrons. The van der Waals surface area contributed by atoms with Gasteiger partial charge >= 0.3 is 0 Å². The largest absolute Gasteiger partial charge is 0.206 e. The Kier molecular flexibility index (Phi) is 4.50. The number of thiol groups is 1. The van der Waals surface area contributed by atoms with Gasteiger partial charge in [-0.25, -0.2) is 4.39 Å². The Balaban J connectivity index is 4.03.